The first-order chi connectivity index (χ1) is 11.1. The molecule has 0 radical (unpaired) electrons. The molecule has 0 N–H and O–H groups in total. The van der Waals surface area contributed by atoms with Crippen LogP contribution >= 0.6 is 22.6 Å². The summed E-state index contributed by atoms with van der Waals surface area (Å²) in [6.45, 7) is 1.58. The summed E-state index contributed by atoms with van der Waals surface area (Å²) in [5.74, 6) is -1.68. The molecule has 2 fully saturated rings. The Kier molecular flexibility index (Phi) is 5.46. The lowest BCUT2D eigenvalue weighted by atomic mass is 9.96. The third-order valence-corrected chi connectivity index (χ3v) is 5.14. The van der Waals surface area contributed by atoms with E-state index in [1.165, 1.54) is 6.07 Å². The van der Waals surface area contributed by atoms with E-state index in [2.05, 4.69) is 22.6 Å². The van der Waals surface area contributed by atoms with Crippen molar-refractivity contribution < 1.29 is 23.0 Å². The third-order valence-electron chi connectivity index (χ3n) is 4.15. The second-order valence-electron chi connectivity index (χ2n) is 5.78. The molecule has 23 heavy (non-hydrogen) atoms. The predicted molar refractivity (Wildman–Crippen MR) is 86.0 cm³/mol. The maximum Gasteiger partial charge on any atom is 0.184 e. The fraction of sp³-hybridized carbons (Fsp3) is 0.562. The minimum atomic E-state index is -0.902. The van der Waals surface area contributed by atoms with Gasteiger partial charge in [0.15, 0.2) is 6.29 Å². The summed E-state index contributed by atoms with van der Waals surface area (Å²) >= 11 is 2.38. The molecule has 2 saturated heterocycles. The lowest BCUT2D eigenvalue weighted by Crippen LogP contribution is -2.40. The molecule has 0 aromatic heterocycles. The highest BCUT2D eigenvalue weighted by Gasteiger charge is 2.33. The van der Waals surface area contributed by atoms with E-state index in [-0.39, 0.29) is 17.6 Å². The van der Waals surface area contributed by atoms with Crippen molar-refractivity contribution in [1.82, 2.24) is 0 Å². The molecule has 0 spiro atoms. The molecule has 0 bridgehead atoms. The van der Waals surface area contributed by atoms with Gasteiger partial charge in [0, 0.05) is 15.4 Å². The van der Waals surface area contributed by atoms with Crippen LogP contribution in [0.5, 0.6) is 0 Å². The summed E-state index contributed by atoms with van der Waals surface area (Å²) in [5, 5.41) is 8.69. The van der Waals surface area contributed by atoms with Gasteiger partial charge < -0.3 is 14.2 Å². The van der Waals surface area contributed by atoms with Crippen LogP contribution in [0.2, 0.25) is 0 Å². The van der Waals surface area contributed by atoms with Crippen molar-refractivity contribution in [2.75, 3.05) is 19.8 Å². The van der Waals surface area contributed by atoms with Crippen LogP contribution in [-0.2, 0) is 14.2 Å². The molecule has 1 aromatic rings. The maximum atomic E-state index is 13.7. The van der Waals surface area contributed by atoms with Crippen molar-refractivity contribution in [3.8, 4) is 6.07 Å². The molecule has 0 aliphatic carbocycles. The van der Waals surface area contributed by atoms with Crippen molar-refractivity contribution in [3.05, 3.63) is 34.9 Å². The first kappa shape index (κ1) is 17.0. The van der Waals surface area contributed by atoms with Gasteiger partial charge in [0.2, 0.25) is 0 Å². The van der Waals surface area contributed by atoms with Gasteiger partial charge in [-0.3, -0.25) is 0 Å². The van der Waals surface area contributed by atoms with E-state index in [9.17, 15) is 8.78 Å². The molecule has 0 saturated carbocycles. The van der Waals surface area contributed by atoms with Gasteiger partial charge in [0.05, 0.1) is 25.9 Å². The zero-order chi connectivity index (χ0) is 16.4. The molecule has 4 nitrogen and oxygen atoms in total. The maximum absolute atomic E-state index is 13.7. The monoisotopic (exact) mass is 435 g/mol. The Labute approximate surface area is 146 Å². The Morgan fingerprint density at radius 2 is 1.70 bits per heavy atom. The Balaban J connectivity index is 1.62. The summed E-state index contributed by atoms with van der Waals surface area (Å²) < 4.78 is 45.0. The van der Waals surface area contributed by atoms with Crippen LogP contribution in [0, 0.1) is 28.9 Å². The second kappa shape index (κ2) is 7.38. The Hall–Kier alpha value is -0.820. The molecule has 1 aromatic carbocycles. The van der Waals surface area contributed by atoms with Gasteiger partial charge in [-0.1, -0.05) is 22.6 Å². The van der Waals surface area contributed by atoms with Crippen LogP contribution in [0.4, 0.5) is 8.78 Å². The number of rotatable bonds is 2. The summed E-state index contributed by atoms with van der Waals surface area (Å²) in [6, 6.07) is 3.67. The summed E-state index contributed by atoms with van der Waals surface area (Å²) in [4.78, 5) is 0. The van der Waals surface area contributed by atoms with Crippen molar-refractivity contribution in [3.63, 3.8) is 0 Å². The highest BCUT2D eigenvalue weighted by Crippen LogP contribution is 2.32. The SMILES string of the molecule is N#Cc1c(F)cc(C2OCC(C3CCC(I)CO3)CO2)cc1F. The fourth-order valence-electron chi connectivity index (χ4n) is 2.87. The van der Waals surface area contributed by atoms with Crippen LogP contribution in [0.15, 0.2) is 12.1 Å². The fourth-order valence-corrected chi connectivity index (χ4v) is 3.44. The predicted octanol–water partition coefficient (Wildman–Crippen LogP) is 3.48. The van der Waals surface area contributed by atoms with Crippen molar-refractivity contribution in [2.24, 2.45) is 5.92 Å². The van der Waals surface area contributed by atoms with Crippen LogP contribution < -0.4 is 0 Å². The first-order valence-corrected chi connectivity index (χ1v) is 8.71. The molecular weight excluding hydrogens is 419 g/mol. The van der Waals surface area contributed by atoms with Gasteiger partial charge in [0.1, 0.15) is 23.3 Å². The van der Waals surface area contributed by atoms with E-state index in [0.717, 1.165) is 31.6 Å². The largest absolute Gasteiger partial charge is 0.377 e. The van der Waals surface area contributed by atoms with Gasteiger partial charge in [-0.05, 0) is 25.0 Å². The van der Waals surface area contributed by atoms with E-state index in [1.807, 2.05) is 0 Å². The number of hydrogen-bond acceptors (Lipinski definition) is 4. The molecule has 0 amide bonds. The molecular formula is C16H16F2INO3. The number of nitriles is 1. The Morgan fingerprint density at radius 3 is 2.22 bits per heavy atom. The summed E-state index contributed by atoms with van der Waals surface area (Å²) in [6.07, 6.45) is 1.37. The van der Waals surface area contributed by atoms with E-state index in [1.54, 1.807) is 0 Å². The number of ether oxygens (including phenoxy) is 3. The van der Waals surface area contributed by atoms with E-state index in [0.29, 0.717) is 17.1 Å². The molecule has 2 atom stereocenters. The van der Waals surface area contributed by atoms with Crippen LogP contribution in [-0.4, -0.2) is 29.8 Å². The van der Waals surface area contributed by atoms with Gasteiger partial charge >= 0.3 is 0 Å². The second-order valence-corrected chi connectivity index (χ2v) is 7.54. The van der Waals surface area contributed by atoms with E-state index < -0.39 is 23.5 Å². The van der Waals surface area contributed by atoms with Crippen molar-refractivity contribution in [1.29, 1.82) is 5.26 Å². The van der Waals surface area contributed by atoms with Gasteiger partial charge in [-0.25, -0.2) is 8.78 Å². The summed E-state index contributed by atoms with van der Waals surface area (Å²) in [7, 11) is 0. The smallest absolute Gasteiger partial charge is 0.184 e. The minimum Gasteiger partial charge on any atom is -0.377 e. The minimum absolute atomic E-state index is 0.108. The van der Waals surface area contributed by atoms with Crippen molar-refractivity contribution in [2.45, 2.75) is 29.2 Å². The average Bonchev–Trinajstić information content (AvgIpc) is 2.55. The topological polar surface area (TPSA) is 51.5 Å². The standard InChI is InChI=1S/C16H16F2INO3/c17-13-3-9(4-14(18)12(13)5-20)16-22-6-10(7-23-16)15-2-1-11(19)8-21-15/h3-4,10-11,15-16H,1-2,6-8H2. The Morgan fingerprint density at radius 1 is 1.04 bits per heavy atom. The van der Waals surface area contributed by atoms with Crippen LogP contribution in [0.25, 0.3) is 0 Å². The normalized spacial score (nSPS) is 31.6. The first-order valence-electron chi connectivity index (χ1n) is 7.46. The average molecular weight is 435 g/mol. The zero-order valence-corrected chi connectivity index (χ0v) is 14.5. The Bertz CT molecular complexity index is 583. The number of benzene rings is 1. The lowest BCUT2D eigenvalue weighted by Gasteiger charge is -2.36. The van der Waals surface area contributed by atoms with Gasteiger partial charge in [-0.2, -0.15) is 5.26 Å². The number of alkyl halides is 1. The molecule has 2 heterocycles. The highest BCUT2D eigenvalue weighted by molar-refractivity contribution is 14.1. The van der Waals surface area contributed by atoms with Crippen LogP contribution in [0.3, 0.4) is 0 Å². The van der Waals surface area contributed by atoms with Crippen LogP contribution in [0.1, 0.15) is 30.3 Å². The molecule has 2 aliphatic rings. The third kappa shape index (κ3) is 3.82. The molecule has 2 unspecified atom stereocenters. The lowest BCUT2D eigenvalue weighted by molar-refractivity contribution is -0.225. The van der Waals surface area contributed by atoms with Gasteiger partial charge in [0.25, 0.3) is 0 Å². The number of nitrogens with zero attached hydrogens (tertiary/aromatic N) is 1. The molecule has 7 heteroatoms. The molecule has 3 rings (SSSR count). The highest BCUT2D eigenvalue weighted by atomic mass is 127. The molecule has 124 valence electrons. The van der Waals surface area contributed by atoms with E-state index in [4.69, 9.17) is 19.5 Å². The quantitative estimate of drug-likeness (QED) is 0.528. The van der Waals surface area contributed by atoms with E-state index >= 15 is 0 Å². The summed E-state index contributed by atoms with van der Waals surface area (Å²) in [5.41, 5.74) is -0.347. The van der Waals surface area contributed by atoms with Gasteiger partial charge in [-0.15, -0.1) is 0 Å². The molecule has 2 aliphatic heterocycles. The van der Waals surface area contributed by atoms with Crippen molar-refractivity contribution >= 4 is 22.6 Å². The number of halogens is 3. The number of hydrogen-bond donors (Lipinski definition) is 0. The zero-order valence-electron chi connectivity index (χ0n) is 12.3.